The van der Waals surface area contributed by atoms with Crippen LogP contribution in [0.25, 0.3) is 0 Å². The molecule has 370 valence electrons. The number of nitrogens with two attached hydrogens (primary N) is 3. The van der Waals surface area contributed by atoms with Gasteiger partial charge < -0.3 is 73.2 Å². The maximum Gasteiger partial charge on any atom is 0.373 e. The van der Waals surface area contributed by atoms with Gasteiger partial charge in [-0.1, -0.05) is 21.3 Å². The van der Waals surface area contributed by atoms with Gasteiger partial charge in [-0.2, -0.15) is 9.59 Å². The number of rotatable bonds is 27. The van der Waals surface area contributed by atoms with E-state index in [2.05, 4.69) is 10.6 Å². The van der Waals surface area contributed by atoms with Gasteiger partial charge >= 0.3 is 49.6 Å². The molecule has 7 atom stereocenters. The lowest BCUT2D eigenvalue weighted by Gasteiger charge is -2.15. The first-order valence-corrected chi connectivity index (χ1v) is 22.6. The molecule has 0 aromatic heterocycles. The highest BCUT2D eigenvalue weighted by Crippen LogP contribution is 2.43. The molecule has 0 aliphatic carbocycles. The van der Waals surface area contributed by atoms with Gasteiger partial charge in [-0.3, -0.25) is 47.5 Å². The Morgan fingerprint density at radius 1 is 0.587 bits per heavy atom. The van der Waals surface area contributed by atoms with Crippen molar-refractivity contribution in [3.63, 3.8) is 0 Å². The lowest BCUT2D eigenvalue weighted by atomic mass is 10.1. The van der Waals surface area contributed by atoms with Crippen LogP contribution in [0.2, 0.25) is 0 Å². The minimum atomic E-state index is -3.97. The van der Waals surface area contributed by atoms with E-state index in [1.807, 2.05) is 0 Å². The number of nitrogens with one attached hydrogen (secondary N) is 2. The molecule has 28 heteroatoms. The predicted molar refractivity (Wildman–Crippen MR) is 223 cm³/mol. The van der Waals surface area contributed by atoms with Crippen molar-refractivity contribution in [2.24, 2.45) is 29.0 Å². The molecule has 2 amide bonds. The highest BCUT2D eigenvalue weighted by molar-refractivity contribution is 7.58. The van der Waals surface area contributed by atoms with E-state index >= 15 is 0 Å². The maximum atomic E-state index is 11.6. The van der Waals surface area contributed by atoms with Gasteiger partial charge in [0.2, 0.25) is 19.2 Å². The molecule has 0 radical (unpaired) electrons. The molecule has 0 aliphatic heterocycles. The van der Waals surface area contributed by atoms with E-state index in [1.54, 1.807) is 27.7 Å². The van der Waals surface area contributed by atoms with Crippen molar-refractivity contribution in [2.75, 3.05) is 25.0 Å². The number of hydrogen-bond acceptors (Lipinski definition) is 15. The highest BCUT2D eigenvalue weighted by atomic mass is 31.2. The van der Waals surface area contributed by atoms with Gasteiger partial charge in [-0.05, 0) is 64.3 Å². The SMILES string of the molecule is C.CC(CCC(=O)O)CP(=O)(O)CCCN.CC(CCC(=O)O)CP(=O)(O)O.C[C@@H](CCC(=O)O)NC(=O)C[C@H](N)C(=O)O.C[C@@H](CCC(=O)O)NC(=O)[C@@H](N)CC(=O)O.O=C=O. The van der Waals surface area contributed by atoms with Gasteiger partial charge in [0.15, 0.2) is 0 Å². The summed E-state index contributed by atoms with van der Waals surface area (Å²) in [6.45, 7) is 7.12. The molecule has 0 aromatic rings. The Morgan fingerprint density at radius 2 is 0.952 bits per heavy atom. The Morgan fingerprint density at radius 3 is 1.29 bits per heavy atom. The maximum absolute atomic E-state index is 11.6. The lowest BCUT2D eigenvalue weighted by molar-refractivity contribution is -0.192. The number of aliphatic carboxylic acids is 6. The first kappa shape index (κ1) is 70.0. The second kappa shape index (κ2) is 40.2. The quantitative estimate of drug-likeness (QED) is 0.0487. The summed E-state index contributed by atoms with van der Waals surface area (Å²) in [4.78, 5) is 127. The van der Waals surface area contributed by atoms with E-state index in [9.17, 15) is 52.4 Å². The summed E-state index contributed by atoms with van der Waals surface area (Å²) in [5.41, 5.74) is 15.7. The lowest BCUT2D eigenvalue weighted by Crippen LogP contribution is -2.45. The molecular weight excluding hydrogens is 888 g/mol. The minimum absolute atomic E-state index is 0. The molecule has 0 saturated carbocycles. The predicted octanol–water partition coefficient (Wildman–Crippen LogP) is 0.140. The summed E-state index contributed by atoms with van der Waals surface area (Å²) in [5.74, 6) is -7.44. The average molecular weight is 958 g/mol. The fourth-order valence-corrected chi connectivity index (χ4v) is 7.33. The van der Waals surface area contributed by atoms with Crippen molar-refractivity contribution < 1.29 is 102 Å². The molecule has 0 bridgehead atoms. The highest BCUT2D eigenvalue weighted by Gasteiger charge is 2.22. The van der Waals surface area contributed by atoms with Crippen molar-refractivity contribution in [3.05, 3.63) is 0 Å². The van der Waals surface area contributed by atoms with Gasteiger partial charge in [-0.25, -0.2) is 0 Å². The van der Waals surface area contributed by atoms with Crippen LogP contribution in [0.3, 0.4) is 0 Å². The van der Waals surface area contributed by atoms with Crippen LogP contribution in [0.1, 0.15) is 106 Å². The van der Waals surface area contributed by atoms with Crippen LogP contribution in [-0.2, 0) is 57.1 Å². The third-order valence-corrected chi connectivity index (χ3v) is 10.7. The molecule has 63 heavy (non-hydrogen) atoms. The Hall–Kier alpha value is -4.64. The fraction of sp³-hybridized carbons (Fsp3) is 0.743. The normalized spacial score (nSPS) is 13.9. The number of carbonyl (C=O) groups is 8. The second-order valence-electron chi connectivity index (χ2n) is 14.0. The van der Waals surface area contributed by atoms with Gasteiger partial charge in [0, 0.05) is 50.1 Å². The van der Waals surface area contributed by atoms with Gasteiger partial charge in [0.05, 0.1) is 25.0 Å². The standard InChI is InChI=1S/2C9H16N2O5.C9H20NO4P.C6H13O5P.CO2.CH4/c1-5(2-3-8(13)14)11-7(12)4-6(10)9(15)16;1-5(2-3-7(12)13)11-9(16)6(10)4-8(14)15;1-8(3-4-9(11)12)7-15(13,14)6-2-5-10;1-5(2-3-6(7)8)4-12(9,10)11;2-1-3;/h5-6H,2-4,10H2,1H3,(H,11,12)(H,13,14)(H,15,16);5-6H,2-4,10H2,1H3,(H,11,16)(H,12,13)(H,14,15);8H,2-7,10H2,1H3,(H,11,12)(H,13,14);5H,2-4H2,1H3,(H,7,8)(H2,9,10,11);;1H4/t2*5-,6-;;;;/m00..../s1. The van der Waals surface area contributed by atoms with Crippen LogP contribution in [0.15, 0.2) is 0 Å². The molecular formula is C35H69N5O21P2. The number of carboxylic acid groups (broad SMARTS) is 6. The van der Waals surface area contributed by atoms with Crippen molar-refractivity contribution in [1.82, 2.24) is 10.6 Å². The molecule has 0 saturated heterocycles. The van der Waals surface area contributed by atoms with E-state index in [1.165, 1.54) is 0 Å². The summed E-state index contributed by atoms with van der Waals surface area (Å²) in [7, 11) is -7.07. The van der Waals surface area contributed by atoms with Crippen LogP contribution in [0.4, 0.5) is 0 Å². The van der Waals surface area contributed by atoms with Crippen LogP contribution < -0.4 is 27.8 Å². The summed E-state index contributed by atoms with van der Waals surface area (Å²) in [6.07, 6.45) is 1.46. The number of carbonyl (C=O) groups excluding carboxylic acids is 4. The number of carboxylic acids is 6. The summed E-state index contributed by atoms with van der Waals surface area (Å²) >= 11 is 0. The first-order valence-electron chi connectivity index (χ1n) is 18.7. The van der Waals surface area contributed by atoms with Gasteiger partial charge in [0.1, 0.15) is 6.04 Å². The summed E-state index contributed by atoms with van der Waals surface area (Å²) in [6, 6.07) is -3.00. The Labute approximate surface area is 365 Å². The molecule has 0 aromatic carbocycles. The summed E-state index contributed by atoms with van der Waals surface area (Å²) < 4.78 is 22.0. The molecule has 0 spiro atoms. The molecule has 0 heterocycles. The van der Waals surface area contributed by atoms with Crippen LogP contribution in [0.5, 0.6) is 0 Å². The first-order chi connectivity index (χ1) is 28.2. The van der Waals surface area contributed by atoms with Crippen LogP contribution in [-0.4, -0.2) is 148 Å². The van der Waals surface area contributed by atoms with Gasteiger partial charge in [-0.15, -0.1) is 0 Å². The molecule has 3 unspecified atom stereocenters. The van der Waals surface area contributed by atoms with Crippen molar-refractivity contribution in [2.45, 2.75) is 130 Å². The number of amides is 2. The van der Waals surface area contributed by atoms with E-state index in [0.29, 0.717) is 32.2 Å². The molecule has 17 N–H and O–H groups in total. The number of hydrogen-bond donors (Lipinski definition) is 14. The zero-order chi connectivity index (χ0) is 49.8. The zero-order valence-corrected chi connectivity index (χ0v) is 36.9. The van der Waals surface area contributed by atoms with E-state index in [-0.39, 0.29) is 94.5 Å². The zero-order valence-electron chi connectivity index (χ0n) is 35.1. The smallest absolute Gasteiger partial charge is 0.373 e. The third kappa shape index (κ3) is 59.5. The molecule has 26 nitrogen and oxygen atoms in total. The van der Waals surface area contributed by atoms with Crippen molar-refractivity contribution in [1.29, 1.82) is 0 Å². The second-order valence-corrected chi connectivity index (χ2v) is 18.2. The molecule has 0 aliphatic rings. The largest absolute Gasteiger partial charge is 0.481 e. The third-order valence-electron chi connectivity index (χ3n) is 7.39. The van der Waals surface area contributed by atoms with Crippen LogP contribution in [0, 0.1) is 11.8 Å². The minimum Gasteiger partial charge on any atom is -0.481 e. The molecule has 0 fully saturated rings. The van der Waals surface area contributed by atoms with E-state index in [0.717, 1.165) is 0 Å². The van der Waals surface area contributed by atoms with Gasteiger partial charge in [0.25, 0.3) is 0 Å². The Bertz CT molecular complexity index is 1510. The molecule has 0 rings (SSSR count). The van der Waals surface area contributed by atoms with Crippen LogP contribution >= 0.6 is 15.0 Å². The average Bonchev–Trinajstić information content (AvgIpc) is 3.10. The monoisotopic (exact) mass is 957 g/mol. The fourth-order valence-electron chi connectivity index (χ4n) is 4.32. The topological polar surface area (TPSA) is 489 Å². The van der Waals surface area contributed by atoms with E-state index < -0.39 is 81.1 Å². The Kier molecular flexibility index (Phi) is 44.6. The van der Waals surface area contributed by atoms with E-state index in [4.69, 9.17) is 67.2 Å². The Balaban J connectivity index is -0.000000168. The summed E-state index contributed by atoms with van der Waals surface area (Å²) in [5, 5.41) is 55.3. The van der Waals surface area contributed by atoms with Crippen molar-refractivity contribution in [3.8, 4) is 0 Å². The van der Waals surface area contributed by atoms with Crippen molar-refractivity contribution >= 4 is 68.7 Å².